The lowest BCUT2D eigenvalue weighted by Crippen LogP contribution is -2.37. The molecule has 2 aromatic carbocycles. The van der Waals surface area contributed by atoms with Gasteiger partial charge in [0, 0.05) is 17.7 Å². The third-order valence-electron chi connectivity index (χ3n) is 5.03. The average molecular weight is 397 g/mol. The number of ketones is 1. The van der Waals surface area contributed by atoms with Crippen LogP contribution in [0.4, 0.5) is 4.39 Å². The molecule has 2 aliphatic heterocycles. The van der Waals surface area contributed by atoms with Crippen LogP contribution in [0.15, 0.2) is 54.6 Å². The molecule has 0 aliphatic carbocycles. The molecule has 1 aromatic heterocycles. The van der Waals surface area contributed by atoms with E-state index >= 15 is 0 Å². The number of ether oxygens (including phenoxy) is 2. The van der Waals surface area contributed by atoms with E-state index < -0.39 is 6.29 Å². The molecule has 2 fully saturated rings. The highest BCUT2D eigenvalue weighted by Gasteiger charge is 2.45. The molecule has 3 atom stereocenters. The van der Waals surface area contributed by atoms with Gasteiger partial charge in [0.1, 0.15) is 11.9 Å². The summed E-state index contributed by atoms with van der Waals surface area (Å²) >= 11 is 5.72. The summed E-state index contributed by atoms with van der Waals surface area (Å²) in [6.07, 6.45) is -0.846. The predicted molar refractivity (Wildman–Crippen MR) is 101 cm³/mol. The fourth-order valence-corrected chi connectivity index (χ4v) is 4.06. The molecule has 5 rings (SSSR count). The van der Waals surface area contributed by atoms with Crippen LogP contribution in [0, 0.1) is 10.6 Å². The highest BCUT2D eigenvalue weighted by atomic mass is 32.1. The first-order valence-electron chi connectivity index (χ1n) is 8.94. The number of rotatable bonds is 3. The Morgan fingerprint density at radius 3 is 2.75 bits per heavy atom. The topological polar surface area (TPSA) is 58.3 Å². The summed E-state index contributed by atoms with van der Waals surface area (Å²) in [5, 5.41) is 4.69. The minimum absolute atomic E-state index is 0.123. The minimum atomic E-state index is -0.783. The molecule has 0 radical (unpaired) electrons. The zero-order valence-electron chi connectivity index (χ0n) is 14.7. The standard InChI is InChI=1S/C20H16FN3O3S/c21-13-6-4-5-12(9-13)18-22-24(15-10-16(25)19-26-11-17(15)27-19)20(28)23(18)14-7-2-1-3-8-14/h1-9,15,17,19H,10-11H2/t15-,17+,19+/m0/s1. The Hall–Kier alpha value is -2.68. The van der Waals surface area contributed by atoms with Crippen LogP contribution in [0.2, 0.25) is 0 Å². The zero-order valence-corrected chi connectivity index (χ0v) is 15.5. The second-order valence-electron chi connectivity index (χ2n) is 6.81. The first-order valence-corrected chi connectivity index (χ1v) is 9.35. The maximum Gasteiger partial charge on any atom is 0.218 e. The number of fused-ring (bicyclic) bond motifs is 2. The van der Waals surface area contributed by atoms with Gasteiger partial charge in [0.05, 0.1) is 12.6 Å². The Balaban J connectivity index is 1.70. The van der Waals surface area contributed by atoms with E-state index in [1.807, 2.05) is 30.3 Å². The zero-order chi connectivity index (χ0) is 19.3. The number of halogens is 1. The van der Waals surface area contributed by atoms with Gasteiger partial charge in [-0.05, 0) is 36.5 Å². The van der Waals surface area contributed by atoms with Crippen molar-refractivity contribution in [2.24, 2.45) is 0 Å². The van der Waals surface area contributed by atoms with Gasteiger partial charge in [-0.2, -0.15) is 5.10 Å². The van der Waals surface area contributed by atoms with Crippen LogP contribution in [-0.4, -0.2) is 39.1 Å². The highest BCUT2D eigenvalue weighted by molar-refractivity contribution is 7.71. The molecule has 0 spiro atoms. The van der Waals surface area contributed by atoms with Gasteiger partial charge in [-0.25, -0.2) is 9.07 Å². The van der Waals surface area contributed by atoms with E-state index in [-0.39, 0.29) is 30.2 Å². The second-order valence-corrected chi connectivity index (χ2v) is 7.17. The van der Waals surface area contributed by atoms with E-state index in [1.165, 1.54) is 12.1 Å². The van der Waals surface area contributed by atoms with E-state index in [0.717, 1.165) is 5.69 Å². The number of carbonyl (C=O) groups excluding carboxylic acids is 1. The molecule has 6 nitrogen and oxygen atoms in total. The fourth-order valence-electron chi connectivity index (χ4n) is 3.69. The van der Waals surface area contributed by atoms with Crippen molar-refractivity contribution in [2.75, 3.05) is 6.61 Å². The Morgan fingerprint density at radius 2 is 1.96 bits per heavy atom. The predicted octanol–water partition coefficient (Wildman–Crippen LogP) is 3.46. The van der Waals surface area contributed by atoms with Gasteiger partial charge in [-0.3, -0.25) is 9.36 Å². The van der Waals surface area contributed by atoms with Crippen molar-refractivity contribution >= 4 is 18.0 Å². The quantitative estimate of drug-likeness (QED) is 0.634. The maximum absolute atomic E-state index is 13.9. The monoisotopic (exact) mass is 397 g/mol. The number of benzene rings is 2. The Kier molecular flexibility index (Phi) is 4.19. The summed E-state index contributed by atoms with van der Waals surface area (Å²) in [6.45, 7) is 0.316. The van der Waals surface area contributed by atoms with E-state index in [4.69, 9.17) is 26.8 Å². The van der Waals surface area contributed by atoms with Crippen LogP contribution >= 0.6 is 12.2 Å². The molecule has 0 unspecified atom stereocenters. The summed E-state index contributed by atoms with van der Waals surface area (Å²) in [6, 6.07) is 15.3. The molecule has 142 valence electrons. The van der Waals surface area contributed by atoms with E-state index in [2.05, 4.69) is 0 Å². The lowest BCUT2D eigenvalue weighted by Gasteiger charge is -2.26. The molecule has 2 saturated heterocycles. The van der Waals surface area contributed by atoms with Crippen molar-refractivity contribution in [1.29, 1.82) is 0 Å². The first-order chi connectivity index (χ1) is 13.6. The summed E-state index contributed by atoms with van der Waals surface area (Å²) in [5.74, 6) is 0.0206. The minimum Gasteiger partial charge on any atom is -0.343 e. The molecule has 3 aromatic rings. The van der Waals surface area contributed by atoms with Crippen LogP contribution in [0.3, 0.4) is 0 Å². The van der Waals surface area contributed by atoms with Crippen molar-refractivity contribution in [3.8, 4) is 17.1 Å². The number of para-hydroxylation sites is 1. The van der Waals surface area contributed by atoms with Gasteiger partial charge < -0.3 is 9.47 Å². The Labute approximate surface area is 165 Å². The number of nitrogens with zero attached hydrogens (tertiary/aromatic N) is 3. The van der Waals surface area contributed by atoms with Crippen LogP contribution in [-0.2, 0) is 14.3 Å². The van der Waals surface area contributed by atoms with Gasteiger partial charge in [-0.1, -0.05) is 30.3 Å². The summed E-state index contributed by atoms with van der Waals surface area (Å²) in [7, 11) is 0. The highest BCUT2D eigenvalue weighted by Crippen LogP contribution is 2.34. The van der Waals surface area contributed by atoms with Gasteiger partial charge in [0.15, 0.2) is 11.6 Å². The Bertz CT molecular complexity index is 1110. The van der Waals surface area contributed by atoms with Crippen molar-refractivity contribution in [1.82, 2.24) is 14.3 Å². The fraction of sp³-hybridized carbons (Fsp3) is 0.250. The number of hydrogen-bond acceptors (Lipinski definition) is 5. The summed E-state index contributed by atoms with van der Waals surface area (Å²) < 4.78 is 28.8. The third-order valence-corrected chi connectivity index (χ3v) is 5.40. The van der Waals surface area contributed by atoms with Gasteiger partial charge in [-0.15, -0.1) is 0 Å². The third kappa shape index (κ3) is 2.81. The summed E-state index contributed by atoms with van der Waals surface area (Å²) in [4.78, 5) is 12.2. The molecule has 0 amide bonds. The van der Waals surface area contributed by atoms with Crippen LogP contribution in [0.5, 0.6) is 0 Å². The number of aromatic nitrogens is 3. The van der Waals surface area contributed by atoms with Crippen molar-refractivity contribution < 1.29 is 18.7 Å². The molecule has 28 heavy (non-hydrogen) atoms. The smallest absolute Gasteiger partial charge is 0.218 e. The largest absolute Gasteiger partial charge is 0.343 e. The molecule has 0 saturated carbocycles. The lowest BCUT2D eigenvalue weighted by atomic mass is 10.0. The van der Waals surface area contributed by atoms with Crippen LogP contribution in [0.25, 0.3) is 17.1 Å². The van der Waals surface area contributed by atoms with Crippen LogP contribution in [0.1, 0.15) is 12.5 Å². The van der Waals surface area contributed by atoms with Gasteiger partial charge >= 0.3 is 0 Å². The number of hydrogen-bond donors (Lipinski definition) is 0. The molecule has 3 heterocycles. The number of Topliss-reactive ketones (excluding diaryl/α,β-unsaturated/α-hetero) is 1. The van der Waals surface area contributed by atoms with Crippen molar-refractivity contribution in [2.45, 2.75) is 24.9 Å². The number of carbonyl (C=O) groups is 1. The van der Waals surface area contributed by atoms with Crippen molar-refractivity contribution in [3.05, 3.63) is 65.2 Å². The molecule has 2 aliphatic rings. The van der Waals surface area contributed by atoms with Gasteiger partial charge in [0.2, 0.25) is 11.1 Å². The Morgan fingerprint density at radius 1 is 1.14 bits per heavy atom. The molecular weight excluding hydrogens is 381 g/mol. The van der Waals surface area contributed by atoms with E-state index in [9.17, 15) is 9.18 Å². The normalized spacial score (nSPS) is 23.9. The molecular formula is C20H16FN3O3S. The van der Waals surface area contributed by atoms with Gasteiger partial charge in [0.25, 0.3) is 0 Å². The molecule has 0 N–H and O–H groups in total. The maximum atomic E-state index is 13.9. The summed E-state index contributed by atoms with van der Waals surface area (Å²) in [5.41, 5.74) is 1.40. The molecule has 2 bridgehead atoms. The van der Waals surface area contributed by atoms with E-state index in [1.54, 1.807) is 21.4 Å². The molecule has 8 heteroatoms. The first kappa shape index (κ1) is 17.4. The van der Waals surface area contributed by atoms with Crippen LogP contribution < -0.4 is 0 Å². The average Bonchev–Trinajstić information content (AvgIpc) is 3.28. The SMILES string of the molecule is O=C1C[C@H](n2nc(-c3cccc(F)c3)n(-c3ccccc3)c2=S)[C@H]2CO[C@@H]1O2. The van der Waals surface area contributed by atoms with Crippen molar-refractivity contribution in [3.63, 3.8) is 0 Å². The second kappa shape index (κ2) is 6.73. The van der Waals surface area contributed by atoms with E-state index in [0.29, 0.717) is 22.8 Å². The lowest BCUT2D eigenvalue weighted by molar-refractivity contribution is -0.156.